The number of nitrogens with one attached hydrogen (secondary N) is 2. The van der Waals surface area contributed by atoms with E-state index in [0.717, 1.165) is 5.56 Å². The summed E-state index contributed by atoms with van der Waals surface area (Å²) in [6.45, 7) is 7.26. The third-order valence-corrected chi connectivity index (χ3v) is 5.95. The van der Waals surface area contributed by atoms with Gasteiger partial charge in [0.1, 0.15) is 19.0 Å². The Labute approximate surface area is 243 Å². The first kappa shape index (κ1) is 29.4. The SMILES string of the molecule is C=C(C)C(=O)OCCOc1ccc(C(=O)Nc2ccc(N=Nc3ccc(NC(=O)c4ccccc4)cc3)cc2C)cc1. The Hall–Kier alpha value is -5.57. The average Bonchev–Trinajstić information content (AvgIpc) is 3.00. The van der Waals surface area contributed by atoms with Crippen LogP contribution in [0.2, 0.25) is 0 Å². The topological polar surface area (TPSA) is 118 Å². The Bertz CT molecular complexity index is 1600. The van der Waals surface area contributed by atoms with Gasteiger partial charge < -0.3 is 20.1 Å². The minimum atomic E-state index is -0.463. The maximum absolute atomic E-state index is 12.8. The van der Waals surface area contributed by atoms with Crippen LogP contribution >= 0.6 is 0 Å². The van der Waals surface area contributed by atoms with E-state index in [1.165, 1.54) is 0 Å². The molecule has 9 heteroatoms. The molecule has 0 unspecified atom stereocenters. The number of carbonyl (C=O) groups is 3. The summed E-state index contributed by atoms with van der Waals surface area (Å²) in [5, 5.41) is 14.3. The molecule has 0 aliphatic heterocycles. The predicted octanol–water partition coefficient (Wildman–Crippen LogP) is 7.41. The van der Waals surface area contributed by atoms with Gasteiger partial charge in [-0.05, 0) is 98.3 Å². The summed E-state index contributed by atoms with van der Waals surface area (Å²) in [5.74, 6) is -0.367. The third kappa shape index (κ3) is 8.46. The van der Waals surface area contributed by atoms with Crippen molar-refractivity contribution < 1.29 is 23.9 Å². The summed E-state index contributed by atoms with van der Waals surface area (Å²) >= 11 is 0. The minimum Gasteiger partial charge on any atom is -0.490 e. The van der Waals surface area contributed by atoms with Gasteiger partial charge in [0.2, 0.25) is 0 Å². The molecule has 0 saturated heterocycles. The van der Waals surface area contributed by atoms with Crippen molar-refractivity contribution in [1.82, 2.24) is 0 Å². The number of hydrogen-bond acceptors (Lipinski definition) is 7. The monoisotopic (exact) mass is 562 g/mol. The molecule has 0 atom stereocenters. The van der Waals surface area contributed by atoms with E-state index in [1.807, 2.05) is 31.2 Å². The number of rotatable bonds is 11. The van der Waals surface area contributed by atoms with E-state index in [2.05, 4.69) is 27.4 Å². The number of benzene rings is 4. The van der Waals surface area contributed by atoms with Crippen molar-refractivity contribution in [1.29, 1.82) is 0 Å². The quantitative estimate of drug-likeness (QED) is 0.0854. The molecule has 2 amide bonds. The van der Waals surface area contributed by atoms with Crippen LogP contribution in [0.15, 0.2) is 119 Å². The zero-order valence-corrected chi connectivity index (χ0v) is 23.3. The standard InChI is InChI=1S/C33H30N4O5/c1-22(2)33(40)42-20-19-41-29-16-9-25(10-17-29)32(39)35-30-18-15-28(21-23(30)3)37-36-27-13-11-26(12-14-27)34-31(38)24-7-5-4-6-8-24/h4-18,21H,1,19-20H2,2-3H3,(H,34,38)(H,35,39). The van der Waals surface area contributed by atoms with Gasteiger partial charge in [-0.1, -0.05) is 24.8 Å². The van der Waals surface area contributed by atoms with Crippen molar-refractivity contribution >= 4 is 40.5 Å². The second kappa shape index (κ2) is 14.2. The van der Waals surface area contributed by atoms with E-state index in [0.29, 0.717) is 45.2 Å². The molecule has 0 saturated carbocycles. The molecule has 2 N–H and O–H groups in total. The first-order valence-corrected chi connectivity index (χ1v) is 13.1. The van der Waals surface area contributed by atoms with Crippen molar-refractivity contribution in [3.05, 3.63) is 126 Å². The van der Waals surface area contributed by atoms with Gasteiger partial charge >= 0.3 is 5.97 Å². The van der Waals surface area contributed by atoms with Crippen molar-refractivity contribution in [3.63, 3.8) is 0 Å². The summed E-state index contributed by atoms with van der Waals surface area (Å²) in [5.41, 5.74) is 4.75. The maximum Gasteiger partial charge on any atom is 0.333 e. The second-order valence-electron chi connectivity index (χ2n) is 9.31. The predicted molar refractivity (Wildman–Crippen MR) is 162 cm³/mol. The van der Waals surface area contributed by atoms with Crippen molar-refractivity contribution in [2.24, 2.45) is 10.2 Å². The van der Waals surface area contributed by atoms with Crippen LogP contribution in [0.5, 0.6) is 5.75 Å². The molecular weight excluding hydrogens is 532 g/mol. The number of azo groups is 1. The summed E-state index contributed by atoms with van der Waals surface area (Å²) < 4.78 is 10.5. The van der Waals surface area contributed by atoms with Gasteiger partial charge in [-0.2, -0.15) is 10.2 Å². The molecule has 9 nitrogen and oxygen atoms in total. The lowest BCUT2D eigenvalue weighted by Gasteiger charge is -2.10. The number of ether oxygens (including phenoxy) is 2. The molecule has 4 aromatic rings. The third-order valence-electron chi connectivity index (χ3n) is 5.95. The number of esters is 1. The molecule has 0 radical (unpaired) electrons. The highest BCUT2D eigenvalue weighted by atomic mass is 16.6. The number of carbonyl (C=O) groups excluding carboxylic acids is 3. The van der Waals surface area contributed by atoms with Crippen LogP contribution in [0.25, 0.3) is 0 Å². The Morgan fingerprint density at radius 3 is 2.02 bits per heavy atom. The Morgan fingerprint density at radius 1 is 0.738 bits per heavy atom. The van der Waals surface area contributed by atoms with Crippen LogP contribution < -0.4 is 15.4 Å². The van der Waals surface area contributed by atoms with Gasteiger partial charge in [-0.15, -0.1) is 0 Å². The molecule has 42 heavy (non-hydrogen) atoms. The van der Waals surface area contributed by atoms with Crippen LogP contribution in [0, 0.1) is 6.92 Å². The lowest BCUT2D eigenvalue weighted by atomic mass is 10.1. The fourth-order valence-electron chi connectivity index (χ4n) is 3.68. The fraction of sp³-hybridized carbons (Fsp3) is 0.121. The number of nitrogens with zero attached hydrogens (tertiary/aromatic N) is 2. The largest absolute Gasteiger partial charge is 0.490 e. The Kier molecular flexibility index (Phi) is 9.93. The maximum atomic E-state index is 12.8. The first-order valence-electron chi connectivity index (χ1n) is 13.1. The Morgan fingerprint density at radius 2 is 1.36 bits per heavy atom. The molecule has 4 aromatic carbocycles. The zero-order valence-electron chi connectivity index (χ0n) is 23.3. The fourth-order valence-corrected chi connectivity index (χ4v) is 3.68. The van der Waals surface area contributed by atoms with Crippen LogP contribution in [0.1, 0.15) is 33.2 Å². The normalized spacial score (nSPS) is 10.6. The van der Waals surface area contributed by atoms with Crippen LogP contribution in [0.4, 0.5) is 22.7 Å². The number of aryl methyl sites for hydroxylation is 1. The second-order valence-corrected chi connectivity index (χ2v) is 9.31. The molecule has 0 spiro atoms. The molecule has 0 heterocycles. The van der Waals surface area contributed by atoms with Gasteiger partial charge in [0.15, 0.2) is 0 Å². The molecular formula is C33H30N4O5. The zero-order chi connectivity index (χ0) is 29.9. The lowest BCUT2D eigenvalue weighted by Crippen LogP contribution is -2.13. The van der Waals surface area contributed by atoms with Crippen molar-refractivity contribution in [3.8, 4) is 5.75 Å². The Balaban J connectivity index is 1.28. The van der Waals surface area contributed by atoms with E-state index in [1.54, 1.807) is 79.7 Å². The van der Waals surface area contributed by atoms with Gasteiger partial charge in [0.05, 0.1) is 11.4 Å². The molecule has 0 aliphatic rings. The van der Waals surface area contributed by atoms with Crippen LogP contribution in [-0.4, -0.2) is 31.0 Å². The highest BCUT2D eigenvalue weighted by molar-refractivity contribution is 6.05. The molecule has 0 aliphatic carbocycles. The number of hydrogen-bond donors (Lipinski definition) is 2. The smallest absolute Gasteiger partial charge is 0.333 e. The number of anilines is 2. The average molecular weight is 563 g/mol. The van der Waals surface area contributed by atoms with Gasteiger partial charge in [-0.3, -0.25) is 9.59 Å². The summed E-state index contributed by atoms with van der Waals surface area (Å²) in [6.07, 6.45) is 0. The number of amides is 2. The summed E-state index contributed by atoms with van der Waals surface area (Å²) in [7, 11) is 0. The van der Waals surface area contributed by atoms with E-state index in [9.17, 15) is 14.4 Å². The first-order chi connectivity index (χ1) is 20.3. The van der Waals surface area contributed by atoms with Crippen molar-refractivity contribution in [2.75, 3.05) is 23.8 Å². The van der Waals surface area contributed by atoms with Crippen molar-refractivity contribution in [2.45, 2.75) is 13.8 Å². The summed E-state index contributed by atoms with van der Waals surface area (Å²) in [6, 6.07) is 28.1. The van der Waals surface area contributed by atoms with Gasteiger partial charge in [0, 0.05) is 28.1 Å². The molecule has 4 rings (SSSR count). The van der Waals surface area contributed by atoms with Crippen LogP contribution in [-0.2, 0) is 9.53 Å². The molecule has 0 fully saturated rings. The lowest BCUT2D eigenvalue weighted by molar-refractivity contribution is -0.139. The van der Waals surface area contributed by atoms with E-state index in [4.69, 9.17) is 9.47 Å². The van der Waals surface area contributed by atoms with Gasteiger partial charge in [-0.25, -0.2) is 4.79 Å². The minimum absolute atomic E-state index is 0.101. The van der Waals surface area contributed by atoms with E-state index in [-0.39, 0.29) is 25.0 Å². The van der Waals surface area contributed by atoms with E-state index >= 15 is 0 Å². The molecule has 0 bridgehead atoms. The van der Waals surface area contributed by atoms with E-state index < -0.39 is 5.97 Å². The molecule has 212 valence electrons. The highest BCUT2D eigenvalue weighted by Crippen LogP contribution is 2.25. The van der Waals surface area contributed by atoms with Gasteiger partial charge in [0.25, 0.3) is 11.8 Å². The highest BCUT2D eigenvalue weighted by Gasteiger charge is 2.10. The summed E-state index contributed by atoms with van der Waals surface area (Å²) in [4.78, 5) is 36.5. The van der Waals surface area contributed by atoms with Crippen LogP contribution in [0.3, 0.4) is 0 Å². The molecule has 0 aromatic heterocycles.